The van der Waals surface area contributed by atoms with Crippen LogP contribution in [0.1, 0.15) is 18.9 Å². The molecule has 0 unspecified atom stereocenters. The monoisotopic (exact) mass is 433 g/mol. The van der Waals surface area contributed by atoms with Gasteiger partial charge in [-0.3, -0.25) is 0 Å². The minimum Gasteiger partial charge on any atom is -0.457 e. The van der Waals surface area contributed by atoms with Gasteiger partial charge in [-0.1, -0.05) is 11.6 Å². The third-order valence-electron chi connectivity index (χ3n) is 5.36. The number of H-pyrrole nitrogens is 1. The number of hydrogen-bond acceptors (Lipinski definition) is 4. The number of rotatable bonds is 5. The van der Waals surface area contributed by atoms with Crippen molar-refractivity contribution in [2.24, 2.45) is 0 Å². The van der Waals surface area contributed by atoms with Crippen molar-refractivity contribution in [3.8, 4) is 11.5 Å². The van der Waals surface area contributed by atoms with Crippen LogP contribution in [0, 0.1) is 5.82 Å². The molecule has 2 aromatic carbocycles. The van der Waals surface area contributed by atoms with E-state index >= 15 is 0 Å². The van der Waals surface area contributed by atoms with Crippen LogP contribution in [0.4, 0.5) is 16.0 Å². The first kappa shape index (κ1) is 18.2. The Morgan fingerprint density at radius 1 is 1.03 bits per heavy atom. The maximum atomic E-state index is 13.2. The second-order valence-electron chi connectivity index (χ2n) is 7.60. The van der Waals surface area contributed by atoms with Gasteiger partial charge < -0.3 is 19.6 Å². The van der Waals surface area contributed by atoms with E-state index in [-0.39, 0.29) is 5.82 Å². The Labute approximate surface area is 181 Å². The molecule has 5 aromatic rings. The van der Waals surface area contributed by atoms with Gasteiger partial charge in [0.05, 0.1) is 22.2 Å². The summed E-state index contributed by atoms with van der Waals surface area (Å²) in [5.74, 6) is 1.71. The van der Waals surface area contributed by atoms with Crippen LogP contribution in [0.15, 0.2) is 60.8 Å². The van der Waals surface area contributed by atoms with Gasteiger partial charge in [0, 0.05) is 18.3 Å². The van der Waals surface area contributed by atoms with Gasteiger partial charge in [0.25, 0.3) is 0 Å². The molecule has 0 aliphatic heterocycles. The van der Waals surface area contributed by atoms with Crippen LogP contribution < -0.4 is 10.1 Å². The van der Waals surface area contributed by atoms with Crippen molar-refractivity contribution in [1.29, 1.82) is 0 Å². The van der Waals surface area contributed by atoms with E-state index in [2.05, 4.69) is 19.9 Å². The van der Waals surface area contributed by atoms with Crippen molar-refractivity contribution in [2.75, 3.05) is 5.32 Å². The highest BCUT2D eigenvalue weighted by Crippen LogP contribution is 2.42. The summed E-state index contributed by atoms with van der Waals surface area (Å²) in [4.78, 5) is 12.4. The predicted octanol–water partition coefficient (Wildman–Crippen LogP) is 6.58. The number of pyridine rings is 1. The zero-order chi connectivity index (χ0) is 20.9. The number of hydrogen-bond donors (Lipinski definition) is 2. The van der Waals surface area contributed by atoms with Gasteiger partial charge in [0.15, 0.2) is 0 Å². The van der Waals surface area contributed by atoms with E-state index < -0.39 is 0 Å². The highest BCUT2D eigenvalue weighted by atomic mass is 35.5. The van der Waals surface area contributed by atoms with E-state index in [1.165, 1.54) is 12.1 Å². The normalized spacial score (nSPS) is 13.7. The molecular formula is C23H17ClFN5O. The van der Waals surface area contributed by atoms with Crippen LogP contribution >= 0.6 is 11.6 Å². The van der Waals surface area contributed by atoms with E-state index in [9.17, 15) is 4.39 Å². The van der Waals surface area contributed by atoms with Crippen LogP contribution in [0.3, 0.4) is 0 Å². The molecule has 1 saturated carbocycles. The Kier molecular flexibility index (Phi) is 4.11. The first-order chi connectivity index (χ1) is 15.1. The molecular weight excluding hydrogens is 417 g/mol. The second kappa shape index (κ2) is 6.99. The molecule has 0 spiro atoms. The number of aromatic nitrogens is 4. The molecule has 0 saturated heterocycles. The predicted molar refractivity (Wildman–Crippen MR) is 119 cm³/mol. The largest absolute Gasteiger partial charge is 0.457 e. The van der Waals surface area contributed by atoms with Gasteiger partial charge in [-0.25, -0.2) is 14.4 Å². The third-order valence-corrected chi connectivity index (χ3v) is 5.57. The molecule has 3 aromatic heterocycles. The van der Waals surface area contributed by atoms with E-state index in [4.69, 9.17) is 21.3 Å². The van der Waals surface area contributed by atoms with Crippen molar-refractivity contribution in [3.63, 3.8) is 0 Å². The fraction of sp³-hybridized carbons (Fsp3) is 0.130. The molecule has 31 heavy (non-hydrogen) atoms. The van der Waals surface area contributed by atoms with Gasteiger partial charge in [0.1, 0.15) is 28.0 Å². The van der Waals surface area contributed by atoms with Crippen molar-refractivity contribution >= 4 is 45.3 Å². The number of aromatic amines is 1. The highest BCUT2D eigenvalue weighted by Gasteiger charge is 2.29. The average molecular weight is 434 g/mol. The van der Waals surface area contributed by atoms with Crippen molar-refractivity contribution in [3.05, 3.63) is 71.8 Å². The number of nitrogens with one attached hydrogen (secondary N) is 2. The lowest BCUT2D eigenvalue weighted by molar-refractivity contribution is 0.481. The van der Waals surface area contributed by atoms with Crippen LogP contribution in [0.5, 0.6) is 11.5 Å². The maximum Gasteiger partial charge on any atom is 0.208 e. The van der Waals surface area contributed by atoms with E-state index in [1.54, 1.807) is 18.2 Å². The van der Waals surface area contributed by atoms with Crippen LogP contribution in [0.25, 0.3) is 22.1 Å². The van der Waals surface area contributed by atoms with Crippen LogP contribution in [-0.4, -0.2) is 19.5 Å². The lowest BCUT2D eigenvalue weighted by Gasteiger charge is -2.10. The molecule has 0 radical (unpaired) electrons. The average Bonchev–Trinajstić information content (AvgIpc) is 3.43. The Balaban J connectivity index is 1.39. The fourth-order valence-electron chi connectivity index (χ4n) is 3.76. The maximum absolute atomic E-state index is 13.2. The molecule has 154 valence electrons. The lowest BCUT2D eigenvalue weighted by Crippen LogP contribution is -2.02. The molecule has 0 atom stereocenters. The minimum atomic E-state index is -0.293. The Morgan fingerprint density at radius 2 is 1.84 bits per heavy atom. The molecule has 3 heterocycles. The third kappa shape index (κ3) is 3.37. The van der Waals surface area contributed by atoms with Crippen molar-refractivity contribution in [2.45, 2.75) is 18.9 Å². The molecule has 2 N–H and O–H groups in total. The molecule has 0 amide bonds. The summed E-state index contributed by atoms with van der Waals surface area (Å²) in [5, 5.41) is 3.86. The summed E-state index contributed by atoms with van der Waals surface area (Å²) in [6, 6.07) is 15.8. The smallest absolute Gasteiger partial charge is 0.208 e. The van der Waals surface area contributed by atoms with Crippen LogP contribution in [0.2, 0.25) is 5.15 Å². The number of fused-ring (bicyclic) bond motifs is 2. The summed E-state index contributed by atoms with van der Waals surface area (Å²) in [6.07, 6.45) is 4.07. The second-order valence-corrected chi connectivity index (χ2v) is 7.99. The zero-order valence-electron chi connectivity index (χ0n) is 16.3. The fourth-order valence-corrected chi connectivity index (χ4v) is 3.90. The van der Waals surface area contributed by atoms with Gasteiger partial charge in [-0.15, -0.1) is 0 Å². The zero-order valence-corrected chi connectivity index (χ0v) is 17.0. The van der Waals surface area contributed by atoms with Gasteiger partial charge in [-0.2, -0.15) is 0 Å². The standard InChI is InChI=1S/C23H17ClFN5O/c24-21-10-9-18-22(29-21)19(12-26-18)28-23-27-17-8-7-16(11-20(17)30(23)14-3-4-14)31-15-5-1-13(25)2-6-15/h1-2,5-12,14,26H,3-4H2,(H,27,28). The van der Waals surface area contributed by atoms with Crippen molar-refractivity contribution in [1.82, 2.24) is 19.5 Å². The summed E-state index contributed by atoms with van der Waals surface area (Å²) < 4.78 is 21.3. The number of halogens is 2. The van der Waals surface area contributed by atoms with Crippen molar-refractivity contribution < 1.29 is 9.13 Å². The van der Waals surface area contributed by atoms with Gasteiger partial charge in [0.2, 0.25) is 5.95 Å². The summed E-state index contributed by atoms with van der Waals surface area (Å²) in [7, 11) is 0. The molecule has 1 fully saturated rings. The Bertz CT molecular complexity index is 1420. The lowest BCUT2D eigenvalue weighted by atomic mass is 10.3. The minimum absolute atomic E-state index is 0.293. The number of ether oxygens (including phenoxy) is 1. The number of benzene rings is 2. The van der Waals surface area contributed by atoms with E-state index in [1.807, 2.05) is 30.5 Å². The van der Waals surface area contributed by atoms with E-state index in [0.29, 0.717) is 22.7 Å². The number of anilines is 2. The first-order valence-electron chi connectivity index (χ1n) is 10.00. The molecule has 0 bridgehead atoms. The number of nitrogens with zero attached hydrogens (tertiary/aromatic N) is 3. The molecule has 6 nitrogen and oxygen atoms in total. The first-order valence-corrected chi connectivity index (χ1v) is 10.4. The van der Waals surface area contributed by atoms with Crippen LogP contribution in [-0.2, 0) is 0 Å². The molecule has 1 aliphatic carbocycles. The molecule has 8 heteroatoms. The summed E-state index contributed by atoms with van der Waals surface area (Å²) in [5.41, 5.74) is 4.33. The Morgan fingerprint density at radius 3 is 2.65 bits per heavy atom. The van der Waals surface area contributed by atoms with Gasteiger partial charge in [-0.05, 0) is 61.4 Å². The molecule has 1 aliphatic rings. The molecule has 6 rings (SSSR count). The topological polar surface area (TPSA) is 67.8 Å². The summed E-state index contributed by atoms with van der Waals surface area (Å²) >= 11 is 6.09. The SMILES string of the molecule is Fc1ccc(Oc2ccc3nc(Nc4c[nH]c5ccc(Cl)nc45)n(C4CC4)c3c2)cc1. The quantitative estimate of drug-likeness (QED) is 0.307. The summed E-state index contributed by atoms with van der Waals surface area (Å²) in [6.45, 7) is 0. The van der Waals surface area contributed by atoms with Gasteiger partial charge >= 0.3 is 0 Å². The number of imidazole rings is 1. The Hall–Kier alpha value is -3.58. The van der Waals surface area contributed by atoms with E-state index in [0.717, 1.165) is 46.5 Å². The highest BCUT2D eigenvalue weighted by molar-refractivity contribution is 6.29.